The van der Waals surface area contributed by atoms with Crippen LogP contribution in [0.2, 0.25) is 0 Å². The molecule has 0 radical (unpaired) electrons. The van der Waals surface area contributed by atoms with E-state index in [1.807, 2.05) is 54.6 Å². The van der Waals surface area contributed by atoms with E-state index in [4.69, 9.17) is 4.52 Å². The fourth-order valence-electron chi connectivity index (χ4n) is 6.94. The van der Waals surface area contributed by atoms with Crippen LogP contribution in [0.5, 0.6) is 0 Å². The Morgan fingerprint density at radius 3 is 0.872 bits per heavy atom. The maximum atomic E-state index is 12.4. The first-order chi connectivity index (χ1) is 22.8. The summed E-state index contributed by atoms with van der Waals surface area (Å²) in [6, 6.07) is 63.7. The Bertz CT molecular complexity index is 1670. The van der Waals surface area contributed by atoms with Crippen molar-refractivity contribution in [3.8, 4) is 0 Å². The summed E-state index contributed by atoms with van der Waals surface area (Å²) in [4.78, 5) is 12.4. The van der Waals surface area contributed by atoms with Gasteiger partial charge in [0.25, 0.3) is 0 Å². The number of rotatable bonds is 9. The van der Waals surface area contributed by atoms with Gasteiger partial charge in [-0.25, -0.2) is 0 Å². The van der Waals surface area contributed by atoms with E-state index in [0.29, 0.717) is 6.16 Å². The number of carbonyl (C=O) groups is 1. The van der Waals surface area contributed by atoms with Crippen LogP contribution >= 0.6 is 33.1 Å². The Morgan fingerprint density at radius 2 is 0.681 bits per heavy atom. The summed E-state index contributed by atoms with van der Waals surface area (Å²) in [5.41, 5.74) is 0. The van der Waals surface area contributed by atoms with E-state index in [2.05, 4.69) is 163 Å². The first-order valence-electron chi connectivity index (χ1n) is 16.1. The Hall–Kier alpha value is -3.62. The number of hydrogen-bond acceptors (Lipinski definition) is 2. The molecule has 6 rings (SSSR count). The van der Waals surface area contributed by atoms with Gasteiger partial charge in [-0.05, 0) is 0 Å². The monoisotopic (exact) mass is 768 g/mol. The standard InChI is InChI=1S/C22H23O2P.C20H20IP/c1-3-25(24-19(2)23,20-13-7-4-8-14-20,21-15-9-5-10-16-21)22-17-11-6-12-18-22;1-2-22(21,18-12-6-3-7-13-18,19-14-8-4-9-15-19)20-16-10-5-11-17-20/h4-18H,3H2,1-2H3;3-17H,2H2,1H3. The van der Waals surface area contributed by atoms with Gasteiger partial charge in [-0.3, -0.25) is 0 Å². The molecule has 0 aromatic heterocycles. The topological polar surface area (TPSA) is 26.3 Å². The predicted molar refractivity (Wildman–Crippen MR) is 217 cm³/mol. The number of hydrogen-bond donors (Lipinski definition) is 0. The molecule has 0 heterocycles. The molecular weight excluding hydrogens is 725 g/mol. The van der Waals surface area contributed by atoms with Gasteiger partial charge in [-0.15, -0.1) is 0 Å². The van der Waals surface area contributed by atoms with E-state index in [0.717, 1.165) is 22.1 Å². The quantitative estimate of drug-likeness (QED) is 0.109. The molecule has 5 heteroatoms. The van der Waals surface area contributed by atoms with Gasteiger partial charge in [0.1, 0.15) is 0 Å². The van der Waals surface area contributed by atoms with E-state index >= 15 is 0 Å². The molecule has 0 fully saturated rings. The van der Waals surface area contributed by atoms with Crippen molar-refractivity contribution in [3.63, 3.8) is 0 Å². The SMILES string of the molecule is CCP(I)(c1ccccc1)(c1ccccc1)c1ccccc1.CCP(OC(C)=O)(c1ccccc1)(c1ccccc1)c1ccccc1. The summed E-state index contributed by atoms with van der Waals surface area (Å²) in [6.45, 7) is 2.58. The third-order valence-electron chi connectivity index (χ3n) is 9.32. The summed E-state index contributed by atoms with van der Waals surface area (Å²) in [5.74, 6) is -0.254. The second-order valence-electron chi connectivity index (χ2n) is 11.6. The molecule has 2 nitrogen and oxygen atoms in total. The maximum absolute atomic E-state index is 12.4. The van der Waals surface area contributed by atoms with Crippen LogP contribution in [0.1, 0.15) is 20.8 Å². The first-order valence-corrected chi connectivity index (χ1v) is 23.7. The van der Waals surface area contributed by atoms with Crippen molar-refractivity contribution >= 4 is 70.9 Å². The van der Waals surface area contributed by atoms with Crippen molar-refractivity contribution in [1.82, 2.24) is 0 Å². The number of halogens is 1. The fraction of sp³-hybridized carbons (Fsp3) is 0.119. The Balaban J connectivity index is 0.000000186. The predicted octanol–water partition coefficient (Wildman–Crippen LogP) is 8.90. The summed E-state index contributed by atoms with van der Waals surface area (Å²) in [7, 11) is 0. The summed E-state index contributed by atoms with van der Waals surface area (Å²) in [6.07, 6.45) is 1.83. The van der Waals surface area contributed by atoms with Gasteiger partial charge in [0, 0.05) is 0 Å². The minimum absolute atomic E-state index is 0.254. The molecule has 0 amide bonds. The molecule has 0 aliphatic heterocycles. The third-order valence-corrected chi connectivity index (χ3v) is 27.7. The molecule has 0 bridgehead atoms. The van der Waals surface area contributed by atoms with Crippen LogP contribution in [0.4, 0.5) is 0 Å². The second-order valence-corrected chi connectivity index (χ2v) is 27.3. The molecular formula is C42H43IO2P2. The summed E-state index contributed by atoms with van der Waals surface area (Å²) < 4.78 is 3.99. The van der Waals surface area contributed by atoms with Gasteiger partial charge in [-0.1, -0.05) is 0 Å². The zero-order chi connectivity index (χ0) is 33.3. The summed E-state index contributed by atoms with van der Waals surface area (Å²) >= 11 is 2.80. The molecule has 0 atom stereocenters. The van der Waals surface area contributed by atoms with Gasteiger partial charge in [-0.2, -0.15) is 0 Å². The van der Waals surface area contributed by atoms with Crippen molar-refractivity contribution in [2.24, 2.45) is 0 Å². The Labute approximate surface area is 293 Å². The molecule has 0 spiro atoms. The summed E-state index contributed by atoms with van der Waals surface area (Å²) in [5, 5.41) is 7.58. The molecule has 0 aliphatic rings. The Kier molecular flexibility index (Phi) is 10.8. The van der Waals surface area contributed by atoms with Crippen LogP contribution in [0.3, 0.4) is 0 Å². The van der Waals surface area contributed by atoms with E-state index in [1.165, 1.54) is 22.8 Å². The minimum atomic E-state index is -3.37. The fourth-order valence-corrected chi connectivity index (χ4v) is 19.6. The normalized spacial score (nSPS) is 13.0. The van der Waals surface area contributed by atoms with Crippen LogP contribution in [0, 0.1) is 0 Å². The molecule has 0 aliphatic carbocycles. The van der Waals surface area contributed by atoms with Crippen molar-refractivity contribution < 1.29 is 9.32 Å². The van der Waals surface area contributed by atoms with Crippen molar-refractivity contribution in [3.05, 3.63) is 182 Å². The number of benzene rings is 6. The van der Waals surface area contributed by atoms with Crippen molar-refractivity contribution in [2.75, 3.05) is 12.3 Å². The van der Waals surface area contributed by atoms with Gasteiger partial charge < -0.3 is 0 Å². The zero-order valence-corrected chi connectivity index (χ0v) is 31.3. The average molecular weight is 769 g/mol. The average Bonchev–Trinajstić information content (AvgIpc) is 3.16. The molecule has 0 unspecified atom stereocenters. The van der Waals surface area contributed by atoms with Crippen LogP contribution in [-0.4, -0.2) is 18.3 Å². The molecule has 0 saturated heterocycles. The molecule has 6 aromatic rings. The zero-order valence-electron chi connectivity index (χ0n) is 27.3. The van der Waals surface area contributed by atoms with E-state index < -0.39 is 11.1 Å². The van der Waals surface area contributed by atoms with Gasteiger partial charge in [0.15, 0.2) is 0 Å². The van der Waals surface area contributed by atoms with Crippen LogP contribution in [0.15, 0.2) is 182 Å². The van der Waals surface area contributed by atoms with Crippen LogP contribution in [0.25, 0.3) is 0 Å². The Morgan fingerprint density at radius 1 is 0.447 bits per heavy atom. The molecule has 0 N–H and O–H groups in total. The van der Waals surface area contributed by atoms with Gasteiger partial charge in [0.05, 0.1) is 0 Å². The van der Waals surface area contributed by atoms with Gasteiger partial charge in [0.2, 0.25) is 0 Å². The van der Waals surface area contributed by atoms with E-state index in [-0.39, 0.29) is 5.97 Å². The van der Waals surface area contributed by atoms with Crippen LogP contribution < -0.4 is 31.8 Å². The van der Waals surface area contributed by atoms with E-state index in [9.17, 15) is 4.79 Å². The molecule has 47 heavy (non-hydrogen) atoms. The molecule has 240 valence electrons. The van der Waals surface area contributed by atoms with Crippen LogP contribution in [-0.2, 0) is 9.32 Å². The van der Waals surface area contributed by atoms with Crippen molar-refractivity contribution in [1.29, 1.82) is 0 Å². The third kappa shape index (κ3) is 6.11. The first kappa shape index (κ1) is 34.7. The molecule has 6 aromatic carbocycles. The van der Waals surface area contributed by atoms with Gasteiger partial charge >= 0.3 is 295 Å². The van der Waals surface area contributed by atoms with E-state index in [1.54, 1.807) is 0 Å². The molecule has 0 saturated carbocycles. The number of carbonyl (C=O) groups excluding carboxylic acids is 1. The second kappa shape index (κ2) is 14.7. The van der Waals surface area contributed by atoms with Crippen molar-refractivity contribution in [2.45, 2.75) is 20.8 Å².